The van der Waals surface area contributed by atoms with Crippen LogP contribution in [-0.4, -0.2) is 15.0 Å². The summed E-state index contributed by atoms with van der Waals surface area (Å²) in [6, 6.07) is 68.1. The minimum atomic E-state index is 0.550. The van der Waals surface area contributed by atoms with Gasteiger partial charge in [-0.15, -0.1) is 0 Å². The fraction of sp³-hybridized carbons (Fsp3) is 0. The van der Waals surface area contributed by atoms with E-state index in [2.05, 4.69) is 109 Å². The SMILES string of the molecule is N#Cc1ccc(-c2ccc(-c3nc(-c4ccccc4)nc(-c4ccc5c(c4)oc4cccc(-c6cccc(-c7ccccc7)c6)c45)n3)cc2-c2ccccc2)cc1. The second-order valence-corrected chi connectivity index (χ2v) is 13.9. The Hall–Kier alpha value is -7.94. The van der Waals surface area contributed by atoms with Crippen molar-refractivity contribution in [1.82, 2.24) is 15.0 Å². The van der Waals surface area contributed by atoms with Crippen molar-refractivity contribution >= 4 is 21.9 Å². The van der Waals surface area contributed by atoms with Gasteiger partial charge in [-0.25, -0.2) is 15.0 Å². The second kappa shape index (κ2) is 14.4. The van der Waals surface area contributed by atoms with E-state index in [1.54, 1.807) is 0 Å². The molecule has 0 bridgehead atoms. The van der Waals surface area contributed by atoms with Crippen molar-refractivity contribution < 1.29 is 4.42 Å². The number of fused-ring (bicyclic) bond motifs is 3. The summed E-state index contributed by atoms with van der Waals surface area (Å²) in [6.07, 6.45) is 0. The molecule has 0 fully saturated rings. The first-order valence-electron chi connectivity index (χ1n) is 18.8. The molecule has 0 aliphatic carbocycles. The van der Waals surface area contributed by atoms with E-state index in [0.717, 1.165) is 72.0 Å². The van der Waals surface area contributed by atoms with Crippen LogP contribution >= 0.6 is 0 Å². The molecule has 266 valence electrons. The topological polar surface area (TPSA) is 75.6 Å². The normalized spacial score (nSPS) is 11.1. The van der Waals surface area contributed by atoms with Gasteiger partial charge in [-0.2, -0.15) is 5.26 Å². The summed E-state index contributed by atoms with van der Waals surface area (Å²) in [7, 11) is 0. The maximum absolute atomic E-state index is 9.41. The molecule has 5 heteroatoms. The number of benzene rings is 8. The molecule has 0 spiro atoms. The lowest BCUT2D eigenvalue weighted by atomic mass is 9.92. The predicted molar refractivity (Wildman–Crippen MR) is 230 cm³/mol. The number of furan rings is 1. The molecule has 0 aliphatic heterocycles. The van der Waals surface area contributed by atoms with Gasteiger partial charge in [0.25, 0.3) is 0 Å². The molecule has 2 aromatic heterocycles. The quantitative estimate of drug-likeness (QED) is 0.163. The van der Waals surface area contributed by atoms with Crippen molar-refractivity contribution in [2.45, 2.75) is 0 Å². The third kappa shape index (κ3) is 6.42. The molecule has 0 unspecified atom stereocenters. The van der Waals surface area contributed by atoms with Crippen LogP contribution in [0.4, 0.5) is 0 Å². The zero-order valence-electron chi connectivity index (χ0n) is 30.7. The zero-order chi connectivity index (χ0) is 38.1. The summed E-state index contributed by atoms with van der Waals surface area (Å²) in [6.45, 7) is 0. The maximum atomic E-state index is 9.41. The van der Waals surface area contributed by atoms with Crippen LogP contribution in [0.2, 0.25) is 0 Å². The molecule has 0 saturated carbocycles. The molecular formula is C52H32N4O. The summed E-state index contributed by atoms with van der Waals surface area (Å²) in [4.78, 5) is 15.2. The Labute approximate surface area is 329 Å². The molecule has 0 amide bonds. The molecule has 2 heterocycles. The van der Waals surface area contributed by atoms with Gasteiger partial charge in [0.1, 0.15) is 11.2 Å². The Balaban J connectivity index is 1.10. The van der Waals surface area contributed by atoms with Gasteiger partial charge in [0.05, 0.1) is 11.6 Å². The van der Waals surface area contributed by atoms with Crippen molar-refractivity contribution in [2.24, 2.45) is 0 Å². The summed E-state index contributed by atoms with van der Waals surface area (Å²) in [5, 5.41) is 11.5. The van der Waals surface area contributed by atoms with E-state index in [0.29, 0.717) is 23.0 Å². The number of aromatic nitrogens is 3. The van der Waals surface area contributed by atoms with Gasteiger partial charge in [-0.1, -0.05) is 152 Å². The van der Waals surface area contributed by atoms with Crippen molar-refractivity contribution in [3.05, 3.63) is 200 Å². The van der Waals surface area contributed by atoms with Crippen molar-refractivity contribution in [3.63, 3.8) is 0 Å². The third-order valence-corrected chi connectivity index (χ3v) is 10.4. The molecule has 5 nitrogen and oxygen atoms in total. The molecular weight excluding hydrogens is 697 g/mol. The van der Waals surface area contributed by atoms with E-state index in [-0.39, 0.29) is 0 Å². The maximum Gasteiger partial charge on any atom is 0.164 e. The first kappa shape index (κ1) is 33.6. The summed E-state index contributed by atoms with van der Waals surface area (Å²) in [5.74, 6) is 1.69. The smallest absolute Gasteiger partial charge is 0.164 e. The highest BCUT2D eigenvalue weighted by Gasteiger charge is 2.18. The van der Waals surface area contributed by atoms with E-state index in [9.17, 15) is 5.26 Å². The molecule has 0 radical (unpaired) electrons. The Kier molecular flexibility index (Phi) is 8.48. The zero-order valence-corrected chi connectivity index (χ0v) is 30.7. The Morgan fingerprint density at radius 2 is 0.895 bits per heavy atom. The molecule has 10 aromatic rings. The number of rotatable bonds is 7. The molecule has 8 aromatic carbocycles. The van der Waals surface area contributed by atoms with Crippen LogP contribution in [0.5, 0.6) is 0 Å². The van der Waals surface area contributed by atoms with E-state index in [4.69, 9.17) is 19.4 Å². The first-order valence-corrected chi connectivity index (χ1v) is 18.8. The summed E-state index contributed by atoms with van der Waals surface area (Å²) >= 11 is 0. The van der Waals surface area contributed by atoms with Crippen LogP contribution in [0.25, 0.3) is 101 Å². The van der Waals surface area contributed by atoms with E-state index >= 15 is 0 Å². The number of nitriles is 1. The molecule has 0 N–H and O–H groups in total. The van der Waals surface area contributed by atoms with Crippen LogP contribution in [0, 0.1) is 11.3 Å². The van der Waals surface area contributed by atoms with Crippen molar-refractivity contribution in [3.8, 4) is 84.7 Å². The van der Waals surface area contributed by atoms with Gasteiger partial charge < -0.3 is 4.42 Å². The summed E-state index contributed by atoms with van der Waals surface area (Å²) in [5.41, 5.74) is 13.5. The highest BCUT2D eigenvalue weighted by Crippen LogP contribution is 2.40. The van der Waals surface area contributed by atoms with E-state index in [1.165, 1.54) is 11.1 Å². The molecule has 0 atom stereocenters. The highest BCUT2D eigenvalue weighted by molar-refractivity contribution is 6.13. The lowest BCUT2D eigenvalue weighted by Gasteiger charge is -2.14. The van der Waals surface area contributed by atoms with Crippen molar-refractivity contribution in [1.29, 1.82) is 5.26 Å². The van der Waals surface area contributed by atoms with Gasteiger partial charge in [0, 0.05) is 27.5 Å². The molecule has 10 rings (SSSR count). The number of hydrogen-bond acceptors (Lipinski definition) is 5. The lowest BCUT2D eigenvalue weighted by Crippen LogP contribution is -2.00. The summed E-state index contributed by atoms with van der Waals surface area (Å²) < 4.78 is 6.57. The first-order chi connectivity index (χ1) is 28.2. The lowest BCUT2D eigenvalue weighted by molar-refractivity contribution is 0.669. The van der Waals surface area contributed by atoms with Gasteiger partial charge in [-0.05, 0) is 87.0 Å². The van der Waals surface area contributed by atoms with Gasteiger partial charge in [-0.3, -0.25) is 0 Å². The fourth-order valence-electron chi connectivity index (χ4n) is 7.57. The fourth-order valence-corrected chi connectivity index (χ4v) is 7.57. The average Bonchev–Trinajstić information content (AvgIpc) is 3.68. The third-order valence-electron chi connectivity index (χ3n) is 10.4. The second-order valence-electron chi connectivity index (χ2n) is 13.9. The van der Waals surface area contributed by atoms with Crippen LogP contribution in [0.1, 0.15) is 5.56 Å². The highest BCUT2D eigenvalue weighted by atomic mass is 16.3. The van der Waals surface area contributed by atoms with Crippen LogP contribution < -0.4 is 0 Å². The predicted octanol–water partition coefficient (Wildman–Crippen LogP) is 13.3. The van der Waals surface area contributed by atoms with Gasteiger partial charge >= 0.3 is 0 Å². The minimum Gasteiger partial charge on any atom is -0.456 e. The number of hydrogen-bond donors (Lipinski definition) is 0. The average molecular weight is 729 g/mol. The van der Waals surface area contributed by atoms with E-state index in [1.807, 2.05) is 91.0 Å². The van der Waals surface area contributed by atoms with Crippen LogP contribution in [0.3, 0.4) is 0 Å². The monoisotopic (exact) mass is 728 g/mol. The Morgan fingerprint density at radius 3 is 1.60 bits per heavy atom. The molecule has 57 heavy (non-hydrogen) atoms. The Morgan fingerprint density at radius 1 is 0.351 bits per heavy atom. The van der Waals surface area contributed by atoms with E-state index < -0.39 is 0 Å². The molecule has 0 aliphatic rings. The Bertz CT molecular complexity index is 3110. The van der Waals surface area contributed by atoms with Crippen LogP contribution in [-0.2, 0) is 0 Å². The molecule has 0 saturated heterocycles. The van der Waals surface area contributed by atoms with Gasteiger partial charge in [0.15, 0.2) is 17.5 Å². The van der Waals surface area contributed by atoms with Crippen molar-refractivity contribution in [2.75, 3.05) is 0 Å². The largest absolute Gasteiger partial charge is 0.456 e. The minimum absolute atomic E-state index is 0.550. The van der Waals surface area contributed by atoms with Crippen LogP contribution in [0.15, 0.2) is 199 Å². The number of nitrogens with zero attached hydrogens (tertiary/aromatic N) is 4. The standard InChI is InChI=1S/C52H32N4O/c53-33-34-22-24-37(25-23-34)43-28-26-41(31-46(43)36-14-6-2-7-15-36)51-54-50(38-16-8-3-9-17-38)55-52(56-51)42-27-29-45-48(32-42)57-47-21-11-20-44(49(45)47)40-19-10-18-39(30-40)35-12-4-1-5-13-35/h1-32H. The van der Waals surface area contributed by atoms with Gasteiger partial charge in [0.2, 0.25) is 0 Å².